The predicted octanol–water partition coefficient (Wildman–Crippen LogP) is -0.486. The average molecular weight is 229 g/mol. The quantitative estimate of drug-likeness (QED) is 0.707. The molecule has 1 atom stereocenters. The first-order valence-corrected chi connectivity index (χ1v) is 5.79. The van der Waals surface area contributed by atoms with Crippen LogP contribution in [0.2, 0.25) is 0 Å². The summed E-state index contributed by atoms with van der Waals surface area (Å²) in [4.78, 5) is 15.7. The molecule has 0 aromatic rings. The van der Waals surface area contributed by atoms with Gasteiger partial charge in [0.2, 0.25) is 5.91 Å². The van der Waals surface area contributed by atoms with Crippen LogP contribution in [0.15, 0.2) is 0 Å². The van der Waals surface area contributed by atoms with E-state index in [1.807, 2.05) is 30.8 Å². The zero-order valence-corrected chi connectivity index (χ0v) is 10.5. The summed E-state index contributed by atoms with van der Waals surface area (Å²) < 4.78 is 5.72. The Morgan fingerprint density at radius 2 is 2.25 bits per heavy atom. The molecule has 5 nitrogen and oxygen atoms in total. The maximum atomic E-state index is 11.9. The van der Waals surface area contributed by atoms with Crippen LogP contribution in [-0.2, 0) is 9.53 Å². The number of morpholine rings is 1. The molecular weight excluding hydrogens is 206 g/mol. The summed E-state index contributed by atoms with van der Waals surface area (Å²) >= 11 is 0. The first-order chi connectivity index (χ1) is 7.53. The van der Waals surface area contributed by atoms with Crippen molar-refractivity contribution in [3.05, 3.63) is 0 Å². The Bertz CT molecular complexity index is 239. The molecule has 5 heteroatoms. The minimum Gasteiger partial charge on any atom is -0.370 e. The van der Waals surface area contributed by atoms with Crippen LogP contribution in [-0.4, -0.2) is 68.2 Å². The average Bonchev–Trinajstić information content (AvgIpc) is 2.28. The van der Waals surface area contributed by atoms with E-state index in [9.17, 15) is 4.79 Å². The monoisotopic (exact) mass is 229 g/mol. The zero-order chi connectivity index (χ0) is 12.2. The van der Waals surface area contributed by atoms with Crippen LogP contribution >= 0.6 is 0 Å². The molecule has 0 spiro atoms. The van der Waals surface area contributed by atoms with Gasteiger partial charge in [0.1, 0.15) is 0 Å². The Balaban J connectivity index is 2.59. The zero-order valence-electron chi connectivity index (χ0n) is 10.5. The molecule has 2 N–H and O–H groups in total. The molecule has 0 saturated carbocycles. The molecule has 0 bridgehead atoms. The molecule has 1 heterocycles. The fraction of sp³-hybridized carbons (Fsp3) is 0.909. The summed E-state index contributed by atoms with van der Waals surface area (Å²) in [6, 6.07) is 0. The summed E-state index contributed by atoms with van der Waals surface area (Å²) in [5, 5.41) is 0. The van der Waals surface area contributed by atoms with Gasteiger partial charge >= 0.3 is 0 Å². The van der Waals surface area contributed by atoms with E-state index in [0.29, 0.717) is 32.8 Å². The van der Waals surface area contributed by atoms with Gasteiger partial charge < -0.3 is 20.3 Å². The molecule has 0 aromatic carbocycles. The van der Waals surface area contributed by atoms with Gasteiger partial charge in [-0.05, 0) is 20.5 Å². The van der Waals surface area contributed by atoms with Gasteiger partial charge in [0, 0.05) is 13.1 Å². The normalized spacial score (nSPS) is 26.2. The summed E-state index contributed by atoms with van der Waals surface area (Å²) in [6.45, 7) is 4.84. The molecule has 1 aliphatic heterocycles. The predicted molar refractivity (Wildman–Crippen MR) is 63.2 cm³/mol. The Kier molecular flexibility index (Phi) is 4.70. The minimum absolute atomic E-state index is 0.152. The highest BCUT2D eigenvalue weighted by molar-refractivity contribution is 5.78. The van der Waals surface area contributed by atoms with Crippen LogP contribution in [0.25, 0.3) is 0 Å². The molecule has 94 valence electrons. The maximum absolute atomic E-state index is 11.9. The number of carbonyl (C=O) groups excluding carboxylic acids is 1. The first kappa shape index (κ1) is 13.4. The van der Waals surface area contributed by atoms with E-state index in [2.05, 4.69) is 0 Å². The lowest BCUT2D eigenvalue weighted by atomic mass is 9.98. The fourth-order valence-corrected chi connectivity index (χ4v) is 1.91. The summed E-state index contributed by atoms with van der Waals surface area (Å²) in [5.41, 5.74) is 5.41. The van der Waals surface area contributed by atoms with Crippen LogP contribution in [0, 0.1) is 0 Å². The lowest BCUT2D eigenvalue weighted by Gasteiger charge is -2.42. The van der Waals surface area contributed by atoms with Gasteiger partial charge in [-0.3, -0.25) is 4.79 Å². The highest BCUT2D eigenvalue weighted by Gasteiger charge is 2.35. The molecule has 0 radical (unpaired) electrons. The van der Waals surface area contributed by atoms with Gasteiger partial charge in [0.15, 0.2) is 0 Å². The largest absolute Gasteiger partial charge is 0.370 e. The van der Waals surface area contributed by atoms with Crippen molar-refractivity contribution in [3.63, 3.8) is 0 Å². The van der Waals surface area contributed by atoms with E-state index >= 15 is 0 Å². The van der Waals surface area contributed by atoms with Crippen molar-refractivity contribution >= 4 is 5.91 Å². The van der Waals surface area contributed by atoms with Crippen molar-refractivity contribution < 1.29 is 9.53 Å². The third kappa shape index (κ3) is 3.17. The Morgan fingerprint density at radius 3 is 2.75 bits per heavy atom. The molecule has 16 heavy (non-hydrogen) atoms. The third-order valence-electron chi connectivity index (χ3n) is 3.07. The lowest BCUT2D eigenvalue weighted by molar-refractivity contribution is -0.150. The van der Waals surface area contributed by atoms with Gasteiger partial charge in [0.25, 0.3) is 0 Å². The van der Waals surface area contributed by atoms with Gasteiger partial charge in [-0.25, -0.2) is 0 Å². The van der Waals surface area contributed by atoms with E-state index in [4.69, 9.17) is 10.5 Å². The number of likely N-dealkylation sites (N-methyl/N-ethyl adjacent to an activating group) is 1. The Morgan fingerprint density at radius 1 is 1.56 bits per heavy atom. The fourth-order valence-electron chi connectivity index (χ4n) is 1.91. The highest BCUT2D eigenvalue weighted by Crippen LogP contribution is 2.20. The van der Waals surface area contributed by atoms with Gasteiger partial charge in [0.05, 0.1) is 25.3 Å². The second-order valence-corrected chi connectivity index (χ2v) is 4.64. The molecule has 1 fully saturated rings. The van der Waals surface area contributed by atoms with Crippen molar-refractivity contribution in [2.75, 3.05) is 46.9 Å². The van der Waals surface area contributed by atoms with Crippen molar-refractivity contribution in [1.29, 1.82) is 0 Å². The smallest absolute Gasteiger partial charge is 0.236 e. The van der Waals surface area contributed by atoms with Gasteiger partial charge in [-0.2, -0.15) is 0 Å². The number of amides is 1. The number of nitrogens with zero attached hydrogens (tertiary/aromatic N) is 2. The van der Waals surface area contributed by atoms with Crippen LogP contribution in [0.4, 0.5) is 0 Å². The van der Waals surface area contributed by atoms with E-state index in [-0.39, 0.29) is 11.5 Å². The third-order valence-corrected chi connectivity index (χ3v) is 3.07. The van der Waals surface area contributed by atoms with Crippen LogP contribution < -0.4 is 5.73 Å². The summed E-state index contributed by atoms with van der Waals surface area (Å²) in [5.74, 6) is 0.152. The molecule has 1 aliphatic rings. The van der Waals surface area contributed by atoms with Crippen molar-refractivity contribution in [3.8, 4) is 0 Å². The van der Waals surface area contributed by atoms with E-state index in [1.165, 1.54) is 0 Å². The molecule has 1 amide bonds. The molecular formula is C11H23N3O2. The lowest BCUT2D eigenvalue weighted by Crippen LogP contribution is -2.57. The van der Waals surface area contributed by atoms with Crippen molar-refractivity contribution in [1.82, 2.24) is 9.80 Å². The molecule has 1 saturated heterocycles. The molecule has 0 aliphatic carbocycles. The molecule has 1 rings (SSSR count). The Labute approximate surface area is 97.5 Å². The number of hydrogen-bond acceptors (Lipinski definition) is 4. The first-order valence-electron chi connectivity index (χ1n) is 5.79. The topological polar surface area (TPSA) is 58.8 Å². The maximum Gasteiger partial charge on any atom is 0.236 e. The van der Waals surface area contributed by atoms with Crippen LogP contribution in [0.5, 0.6) is 0 Å². The van der Waals surface area contributed by atoms with Crippen molar-refractivity contribution in [2.45, 2.75) is 18.9 Å². The SMILES string of the molecule is CCC1(CN)CN(C(=O)CN(C)C)CCO1. The number of ether oxygens (including phenoxy) is 1. The summed E-state index contributed by atoms with van der Waals surface area (Å²) in [6.07, 6.45) is 0.843. The number of nitrogens with two attached hydrogens (primary N) is 1. The van der Waals surface area contributed by atoms with Crippen molar-refractivity contribution in [2.24, 2.45) is 5.73 Å². The number of rotatable bonds is 4. The van der Waals surface area contributed by atoms with E-state index in [1.54, 1.807) is 0 Å². The molecule has 0 aromatic heterocycles. The highest BCUT2D eigenvalue weighted by atomic mass is 16.5. The van der Waals surface area contributed by atoms with Crippen LogP contribution in [0.1, 0.15) is 13.3 Å². The number of carbonyl (C=O) groups is 1. The minimum atomic E-state index is -0.333. The standard InChI is InChI=1S/C11H23N3O2/c1-4-11(8-12)9-14(5-6-16-11)10(15)7-13(2)3/h4-9,12H2,1-3H3. The summed E-state index contributed by atoms with van der Waals surface area (Å²) in [7, 11) is 3.79. The van der Waals surface area contributed by atoms with E-state index < -0.39 is 0 Å². The van der Waals surface area contributed by atoms with E-state index in [0.717, 1.165) is 6.42 Å². The number of hydrogen-bond donors (Lipinski definition) is 1. The van der Waals surface area contributed by atoms with Crippen LogP contribution in [0.3, 0.4) is 0 Å². The van der Waals surface area contributed by atoms with Gasteiger partial charge in [-0.1, -0.05) is 6.92 Å². The second-order valence-electron chi connectivity index (χ2n) is 4.64. The second kappa shape index (κ2) is 5.61. The molecule has 1 unspecified atom stereocenters. The Hall–Kier alpha value is -0.650. The van der Waals surface area contributed by atoms with Gasteiger partial charge in [-0.15, -0.1) is 0 Å².